The van der Waals surface area contributed by atoms with Gasteiger partial charge in [0, 0.05) is 44.9 Å². The summed E-state index contributed by atoms with van der Waals surface area (Å²) < 4.78 is 82.5. The van der Waals surface area contributed by atoms with E-state index in [1.807, 2.05) is 0 Å². The molecule has 50 heavy (non-hydrogen) atoms. The lowest BCUT2D eigenvalue weighted by Crippen LogP contribution is -2.50. The summed E-state index contributed by atoms with van der Waals surface area (Å²) >= 11 is 0. The number of nitro benzene ring substituents is 1. The molecule has 2 aliphatic heterocycles. The number of nitrogens with one attached hydrogen (secondary N) is 1. The second-order valence-electron chi connectivity index (χ2n) is 11.3. The van der Waals surface area contributed by atoms with Gasteiger partial charge in [0.15, 0.2) is 10.6 Å². The minimum absolute atomic E-state index is 0.0891. The maximum Gasteiger partial charge on any atom is 0.573 e. The molecule has 1 fully saturated rings. The number of hydrogen-bond donors (Lipinski definition) is 1. The molecule has 264 valence electrons. The molecule has 0 radical (unpaired) electrons. The third kappa shape index (κ3) is 7.22. The van der Waals surface area contributed by atoms with Crippen LogP contribution in [0.25, 0.3) is 5.69 Å². The van der Waals surface area contributed by atoms with Crippen LogP contribution in [0.2, 0.25) is 0 Å². The zero-order valence-corrected chi connectivity index (χ0v) is 27.3. The molecule has 6 rings (SSSR count). The molecule has 1 saturated heterocycles. The number of para-hydroxylation sites is 1. The van der Waals surface area contributed by atoms with Gasteiger partial charge in [-0.15, -0.1) is 13.2 Å². The molecule has 1 N–H and O–H groups in total. The first-order chi connectivity index (χ1) is 23.9. The van der Waals surface area contributed by atoms with Gasteiger partial charge in [-0.3, -0.25) is 15.0 Å². The van der Waals surface area contributed by atoms with Crippen LogP contribution in [0.4, 0.5) is 24.5 Å². The fraction of sp³-hybridized carbons (Fsp3) is 0.312. The average Bonchev–Trinajstić information content (AvgIpc) is 3.48. The Morgan fingerprint density at radius 2 is 1.70 bits per heavy atom. The molecule has 0 unspecified atom stereocenters. The molecule has 18 heteroatoms. The number of fused-ring (bicyclic) bond motifs is 1. The lowest BCUT2D eigenvalue weighted by Gasteiger charge is -2.39. The fourth-order valence-corrected chi connectivity index (χ4v) is 7.57. The smallest absolute Gasteiger partial charge is 0.461 e. The number of halogens is 3. The Morgan fingerprint density at radius 1 is 1.00 bits per heavy atom. The number of carbonyl (C=O) groups is 1. The van der Waals surface area contributed by atoms with Crippen LogP contribution in [0.5, 0.6) is 17.2 Å². The van der Waals surface area contributed by atoms with Gasteiger partial charge in [0.05, 0.1) is 28.9 Å². The largest absolute Gasteiger partial charge is 0.573 e. The van der Waals surface area contributed by atoms with E-state index in [9.17, 15) is 36.5 Å². The van der Waals surface area contributed by atoms with Gasteiger partial charge in [-0.25, -0.2) is 17.9 Å². The number of ether oxygens (including phenoxy) is 3. The van der Waals surface area contributed by atoms with Crippen molar-refractivity contribution in [1.29, 1.82) is 0 Å². The van der Waals surface area contributed by atoms with E-state index in [1.54, 1.807) is 31.2 Å². The highest BCUT2D eigenvalue weighted by Gasteiger charge is 2.39. The van der Waals surface area contributed by atoms with Crippen LogP contribution in [-0.2, 0) is 14.8 Å². The molecule has 1 aromatic heterocycles. The van der Waals surface area contributed by atoms with E-state index in [-0.39, 0.29) is 42.1 Å². The summed E-state index contributed by atoms with van der Waals surface area (Å²) in [5.41, 5.74) is 1.20. The van der Waals surface area contributed by atoms with Crippen LogP contribution in [0.1, 0.15) is 35.6 Å². The second-order valence-corrected chi connectivity index (χ2v) is 13.2. The maximum atomic E-state index is 13.4. The number of nitrogens with zero attached hydrogens (tertiary/aromatic N) is 5. The number of anilines is 1. The van der Waals surface area contributed by atoms with Gasteiger partial charge in [0.1, 0.15) is 22.9 Å². The van der Waals surface area contributed by atoms with Gasteiger partial charge < -0.3 is 19.5 Å². The molecule has 3 heterocycles. The SMILES string of the molecule is CCOC(=O)c1c2c(nn1-c1ccc(Oc3cccc(OC(F)(F)F)c3)cc1)[C@H](N1CCN(S(=O)(=O)c3ccccc3[N+](=O)[O-])CC1)CCN2. The predicted molar refractivity (Wildman–Crippen MR) is 172 cm³/mol. The second kappa shape index (κ2) is 14.0. The molecule has 1 atom stereocenters. The van der Waals surface area contributed by atoms with Crippen molar-refractivity contribution >= 4 is 27.4 Å². The number of rotatable bonds is 10. The quantitative estimate of drug-likeness (QED) is 0.125. The summed E-state index contributed by atoms with van der Waals surface area (Å²) in [6.07, 6.45) is -4.25. The Labute approximate surface area is 284 Å². The third-order valence-corrected chi connectivity index (χ3v) is 10.1. The van der Waals surface area contributed by atoms with Gasteiger partial charge in [-0.1, -0.05) is 18.2 Å². The topological polar surface area (TPSA) is 158 Å². The summed E-state index contributed by atoms with van der Waals surface area (Å²) in [4.78, 5) is 25.8. The molecule has 4 aromatic rings. The predicted octanol–water partition coefficient (Wildman–Crippen LogP) is 5.51. The van der Waals surface area contributed by atoms with Crippen molar-refractivity contribution in [2.45, 2.75) is 30.6 Å². The molecule has 2 aliphatic rings. The summed E-state index contributed by atoms with van der Waals surface area (Å²) in [6.45, 7) is 3.09. The summed E-state index contributed by atoms with van der Waals surface area (Å²) in [5.74, 6) is -0.630. The van der Waals surface area contributed by atoms with Crippen LogP contribution in [-0.4, -0.2) is 84.0 Å². The van der Waals surface area contributed by atoms with E-state index in [0.717, 1.165) is 18.2 Å². The maximum absolute atomic E-state index is 13.4. The minimum atomic E-state index is -4.85. The Bertz CT molecular complexity index is 2000. The summed E-state index contributed by atoms with van der Waals surface area (Å²) in [7, 11) is -4.13. The van der Waals surface area contributed by atoms with E-state index in [4.69, 9.17) is 14.6 Å². The standard InChI is InChI=1S/C32H31F3N6O8S/c1-2-47-31(42)30-29-28(37-40(30)21-10-12-22(13-11-21)48-23-6-5-7-24(20-23)49-32(33,34)35)26(14-15-36-29)38-16-18-39(19-17-38)50(45,46)27-9-4-3-8-25(27)41(43)44/h3-13,20,26,36H,2,14-19H2,1H3/t26-/m1/s1. The Morgan fingerprint density at radius 3 is 2.38 bits per heavy atom. The van der Waals surface area contributed by atoms with E-state index in [1.165, 1.54) is 39.3 Å². The lowest BCUT2D eigenvalue weighted by atomic mass is 10.0. The third-order valence-electron chi connectivity index (χ3n) is 8.17. The number of esters is 1. The van der Waals surface area contributed by atoms with Crippen molar-refractivity contribution in [3.8, 4) is 22.9 Å². The normalized spacial score (nSPS) is 17.0. The van der Waals surface area contributed by atoms with Crippen molar-refractivity contribution in [1.82, 2.24) is 19.0 Å². The number of piperazine rings is 1. The zero-order chi connectivity index (χ0) is 35.6. The molecule has 0 saturated carbocycles. The van der Waals surface area contributed by atoms with Gasteiger partial charge in [0.25, 0.3) is 5.69 Å². The number of alkyl halides is 3. The van der Waals surface area contributed by atoms with Crippen LogP contribution in [0.15, 0.2) is 77.7 Å². The van der Waals surface area contributed by atoms with Crippen molar-refractivity contribution in [3.63, 3.8) is 0 Å². The van der Waals surface area contributed by atoms with Gasteiger partial charge >= 0.3 is 12.3 Å². The molecule has 0 spiro atoms. The fourth-order valence-electron chi connectivity index (χ4n) is 5.99. The minimum Gasteiger partial charge on any atom is -0.461 e. The summed E-state index contributed by atoms with van der Waals surface area (Å²) in [5, 5.41) is 19.6. The molecule has 0 bridgehead atoms. The summed E-state index contributed by atoms with van der Waals surface area (Å²) in [6, 6.07) is 16.5. The zero-order valence-electron chi connectivity index (χ0n) is 26.5. The lowest BCUT2D eigenvalue weighted by molar-refractivity contribution is -0.387. The Hall–Kier alpha value is -5.20. The molecule has 0 amide bonds. The van der Waals surface area contributed by atoms with Gasteiger partial charge in [-0.05, 0) is 55.8 Å². The van der Waals surface area contributed by atoms with Crippen LogP contribution in [0.3, 0.4) is 0 Å². The molecule has 14 nitrogen and oxygen atoms in total. The van der Waals surface area contributed by atoms with E-state index >= 15 is 0 Å². The van der Waals surface area contributed by atoms with Crippen molar-refractivity contribution < 1.29 is 45.5 Å². The Kier molecular flexibility index (Phi) is 9.68. The van der Waals surface area contributed by atoms with Crippen LogP contribution >= 0.6 is 0 Å². The first kappa shape index (κ1) is 34.7. The molecule has 0 aliphatic carbocycles. The van der Waals surface area contributed by atoms with Crippen LogP contribution < -0.4 is 14.8 Å². The highest BCUT2D eigenvalue weighted by atomic mass is 32.2. The molecule has 3 aromatic carbocycles. The van der Waals surface area contributed by atoms with E-state index < -0.39 is 38.7 Å². The first-order valence-electron chi connectivity index (χ1n) is 15.5. The van der Waals surface area contributed by atoms with Crippen molar-refractivity contribution in [2.24, 2.45) is 0 Å². The van der Waals surface area contributed by atoms with Crippen LogP contribution in [0, 0.1) is 10.1 Å². The first-order valence-corrected chi connectivity index (χ1v) is 17.0. The molecular weight excluding hydrogens is 685 g/mol. The highest BCUT2D eigenvalue weighted by molar-refractivity contribution is 7.89. The number of aromatic nitrogens is 2. The van der Waals surface area contributed by atoms with E-state index in [0.29, 0.717) is 48.9 Å². The number of nitro groups is 1. The monoisotopic (exact) mass is 716 g/mol. The highest BCUT2D eigenvalue weighted by Crippen LogP contribution is 2.39. The van der Waals surface area contributed by atoms with Gasteiger partial charge in [-0.2, -0.15) is 9.40 Å². The van der Waals surface area contributed by atoms with Crippen molar-refractivity contribution in [3.05, 3.63) is 94.3 Å². The molecular formula is C32H31F3N6O8S. The Balaban J connectivity index is 1.23. The van der Waals surface area contributed by atoms with Gasteiger partial charge in [0.2, 0.25) is 10.0 Å². The van der Waals surface area contributed by atoms with E-state index in [2.05, 4.69) is 15.0 Å². The number of carbonyl (C=O) groups excluding carboxylic acids is 1. The number of hydrogen-bond acceptors (Lipinski definition) is 11. The number of sulfonamides is 1. The number of benzene rings is 3. The van der Waals surface area contributed by atoms with Crippen molar-refractivity contribution in [2.75, 3.05) is 44.6 Å². The average molecular weight is 717 g/mol.